The van der Waals surface area contributed by atoms with E-state index >= 15 is 4.79 Å². The summed E-state index contributed by atoms with van der Waals surface area (Å²) < 4.78 is 44.2. The molecule has 3 N–H and O–H groups in total. The highest BCUT2D eigenvalue weighted by atomic mass is 16.7. The van der Waals surface area contributed by atoms with E-state index < -0.39 is 35.5 Å². The number of rotatable bonds is 23. The van der Waals surface area contributed by atoms with Crippen molar-refractivity contribution < 1.29 is 57.8 Å². The van der Waals surface area contributed by atoms with Gasteiger partial charge in [-0.05, 0) is 111 Å². The number of aliphatic hydroxyl groups is 2. The Morgan fingerprint density at radius 1 is 0.861 bits per heavy atom. The summed E-state index contributed by atoms with van der Waals surface area (Å²) in [6.07, 6.45) is 7.06. The number of aliphatic hydroxyl groups excluding tert-OH is 2. The number of ether oxygens (including phenoxy) is 7. The summed E-state index contributed by atoms with van der Waals surface area (Å²) in [7, 11) is 0. The maximum absolute atomic E-state index is 15.1. The van der Waals surface area contributed by atoms with E-state index in [9.17, 15) is 15.0 Å². The Hall–Kier alpha value is -6.39. The molecular weight excluding hydrogens is 919 g/mol. The quantitative estimate of drug-likeness (QED) is 0.0365. The molecule has 1 saturated carbocycles. The third-order valence-electron chi connectivity index (χ3n) is 13.5. The molecule has 4 aliphatic rings. The molecule has 4 aromatic carbocycles. The molecule has 1 fully saturated rings. The number of carbonyl (C=O) groups excluding carboxylic acids is 2. The van der Waals surface area contributed by atoms with Crippen LogP contribution in [-0.2, 0) is 38.7 Å². The van der Waals surface area contributed by atoms with E-state index in [0.717, 1.165) is 53.5 Å². The number of nitrogens with one attached hydrogen (secondary N) is 1. The Labute approximate surface area is 422 Å². The number of benzene rings is 4. The standard InChI is InChI=1S/C57H69N3O12/c1-5-28-69-57-51(60(36-41-22-24-49-50(31-41)68-38-67-49)55(64)66-30-29-65-37-40-18-10-7-11-19-40)34-47(59-72-56(2,3)4)45-32-42(20-12-14-26-61)44(21-13-15-27-62)52(53(45)57)46-33-43(23-25-48(46)71-57)70-54(63)58-35-39-16-8-6-9-17-39/h5-11,16-19,22-25,31-33,42,44,51-53,61-62H,1,12-15,20-21,26-30,34-38H2,2-4H3,(H,58,63)/t42-,44+,51-,52+,53+,57+/m0/s1. The SMILES string of the molecule is C=CCO[C@@]12Oc3ccc(OC(=O)NCc4ccccc4)cc3[C@H]3[C@H](CCCCO)[C@@H](CCCCO)C=C(C(=NOC(C)(C)C)C[C@@H]1N(Cc1ccc4c(c1)OCO4)C(=O)OCCOCc1ccccc1)[C@H]32. The van der Waals surface area contributed by atoms with Gasteiger partial charge in [0.2, 0.25) is 12.6 Å². The highest BCUT2D eigenvalue weighted by molar-refractivity contribution is 6.03. The van der Waals surface area contributed by atoms with Gasteiger partial charge in [0, 0.05) is 44.2 Å². The Morgan fingerprint density at radius 3 is 2.32 bits per heavy atom. The fraction of sp³-hybridized carbons (Fsp3) is 0.456. The Kier molecular flexibility index (Phi) is 17.6. The van der Waals surface area contributed by atoms with Crippen molar-refractivity contribution >= 4 is 17.9 Å². The lowest BCUT2D eigenvalue weighted by atomic mass is 9.55. The van der Waals surface area contributed by atoms with E-state index in [1.54, 1.807) is 17.0 Å². The molecule has 8 rings (SSSR count). The highest BCUT2D eigenvalue weighted by Crippen LogP contribution is 2.62. The zero-order chi connectivity index (χ0) is 50.5. The molecule has 0 bridgehead atoms. The third-order valence-corrected chi connectivity index (χ3v) is 13.5. The van der Waals surface area contributed by atoms with Crippen LogP contribution in [0.25, 0.3) is 0 Å². The number of nitrogens with zero attached hydrogens (tertiary/aromatic N) is 2. The summed E-state index contributed by atoms with van der Waals surface area (Å²) in [6, 6.07) is 29.5. The van der Waals surface area contributed by atoms with Gasteiger partial charge in [-0.2, -0.15) is 0 Å². The van der Waals surface area contributed by atoms with Crippen LogP contribution < -0.4 is 24.3 Å². The summed E-state index contributed by atoms with van der Waals surface area (Å²) in [5.74, 6) is -0.681. The van der Waals surface area contributed by atoms with Gasteiger partial charge in [-0.3, -0.25) is 4.90 Å². The summed E-state index contributed by atoms with van der Waals surface area (Å²) >= 11 is 0. The molecule has 0 unspecified atom stereocenters. The normalized spacial score (nSPS) is 22.2. The first kappa shape index (κ1) is 51.9. The number of carbonyl (C=O) groups is 2. The number of allylic oxidation sites excluding steroid dienone is 1. The molecule has 2 heterocycles. The first-order chi connectivity index (χ1) is 35.0. The van der Waals surface area contributed by atoms with E-state index in [1.807, 2.05) is 112 Å². The molecule has 15 heteroatoms. The van der Waals surface area contributed by atoms with Crippen molar-refractivity contribution in [3.05, 3.63) is 144 Å². The van der Waals surface area contributed by atoms with Crippen LogP contribution >= 0.6 is 0 Å². The van der Waals surface area contributed by atoms with Crippen LogP contribution in [0.15, 0.2) is 127 Å². The van der Waals surface area contributed by atoms with Crippen LogP contribution in [0.1, 0.15) is 93.9 Å². The average Bonchev–Trinajstić information content (AvgIpc) is 3.86. The van der Waals surface area contributed by atoms with E-state index in [1.165, 1.54) is 0 Å². The first-order valence-corrected chi connectivity index (χ1v) is 25.2. The van der Waals surface area contributed by atoms with Crippen LogP contribution in [0, 0.1) is 17.8 Å². The predicted molar refractivity (Wildman–Crippen MR) is 271 cm³/mol. The third kappa shape index (κ3) is 12.6. The maximum atomic E-state index is 15.1. The second-order valence-electron chi connectivity index (χ2n) is 19.7. The lowest BCUT2D eigenvalue weighted by molar-refractivity contribution is -0.256. The molecule has 72 heavy (non-hydrogen) atoms. The largest absolute Gasteiger partial charge is 0.459 e. The lowest BCUT2D eigenvalue weighted by Gasteiger charge is -2.60. The van der Waals surface area contributed by atoms with Gasteiger partial charge in [0.25, 0.3) is 0 Å². The first-order valence-electron chi connectivity index (χ1n) is 25.2. The topological polar surface area (TPSA) is 176 Å². The van der Waals surface area contributed by atoms with Crippen molar-refractivity contribution in [2.24, 2.45) is 22.9 Å². The van der Waals surface area contributed by atoms with Crippen molar-refractivity contribution in [2.75, 3.05) is 39.8 Å². The smallest absolute Gasteiger partial charge is 0.412 e. The molecule has 0 aromatic heterocycles. The van der Waals surface area contributed by atoms with Gasteiger partial charge in [0.05, 0.1) is 31.5 Å². The molecule has 0 radical (unpaired) electrons. The fourth-order valence-corrected chi connectivity index (χ4v) is 10.4. The van der Waals surface area contributed by atoms with Crippen molar-refractivity contribution in [2.45, 2.75) is 109 Å². The molecule has 0 saturated heterocycles. The Bertz CT molecular complexity index is 2510. The van der Waals surface area contributed by atoms with Crippen LogP contribution in [0.3, 0.4) is 0 Å². The average molecular weight is 988 g/mol. The minimum atomic E-state index is -1.58. The molecular formula is C57H69N3O12. The maximum Gasteiger partial charge on any atom is 0.412 e. The Morgan fingerprint density at radius 2 is 1.58 bits per heavy atom. The number of hydrogen-bond acceptors (Lipinski definition) is 13. The number of amides is 2. The summed E-state index contributed by atoms with van der Waals surface area (Å²) in [4.78, 5) is 36.5. The fourth-order valence-electron chi connectivity index (χ4n) is 10.4. The second-order valence-corrected chi connectivity index (χ2v) is 19.7. The van der Waals surface area contributed by atoms with Gasteiger partial charge in [-0.25, -0.2) is 9.59 Å². The van der Waals surface area contributed by atoms with Crippen LogP contribution in [0.5, 0.6) is 23.0 Å². The zero-order valence-electron chi connectivity index (χ0n) is 41.7. The van der Waals surface area contributed by atoms with Crippen molar-refractivity contribution in [1.29, 1.82) is 0 Å². The van der Waals surface area contributed by atoms with Gasteiger partial charge in [0.15, 0.2) is 11.5 Å². The monoisotopic (exact) mass is 987 g/mol. The molecule has 2 aliphatic heterocycles. The lowest BCUT2D eigenvalue weighted by Crippen LogP contribution is -2.70. The van der Waals surface area contributed by atoms with Crippen LogP contribution in [-0.4, -0.2) is 90.3 Å². The van der Waals surface area contributed by atoms with Gasteiger partial charge in [-0.1, -0.05) is 96.9 Å². The van der Waals surface area contributed by atoms with Crippen molar-refractivity contribution in [3.63, 3.8) is 0 Å². The van der Waals surface area contributed by atoms with E-state index in [0.29, 0.717) is 48.2 Å². The van der Waals surface area contributed by atoms with Crippen LogP contribution in [0.2, 0.25) is 0 Å². The Balaban J connectivity index is 1.25. The molecule has 15 nitrogen and oxygen atoms in total. The summed E-state index contributed by atoms with van der Waals surface area (Å²) in [5.41, 5.74) is 4.28. The summed E-state index contributed by atoms with van der Waals surface area (Å²) in [6.45, 7) is 10.9. The minimum absolute atomic E-state index is 0.0183. The highest BCUT2D eigenvalue weighted by Gasteiger charge is 2.66. The minimum Gasteiger partial charge on any atom is -0.459 e. The van der Waals surface area contributed by atoms with Gasteiger partial charge in [-0.15, -0.1) is 6.58 Å². The van der Waals surface area contributed by atoms with Crippen molar-refractivity contribution in [1.82, 2.24) is 10.2 Å². The number of fused-ring (bicyclic) bond motifs is 3. The van der Waals surface area contributed by atoms with Gasteiger partial charge < -0.3 is 53.5 Å². The zero-order valence-corrected chi connectivity index (χ0v) is 41.7. The molecule has 2 amide bonds. The van der Waals surface area contributed by atoms with E-state index in [2.05, 4.69) is 18.0 Å². The predicted octanol–water partition coefficient (Wildman–Crippen LogP) is 9.99. The number of oxime groups is 1. The summed E-state index contributed by atoms with van der Waals surface area (Å²) in [5, 5.41) is 27.9. The van der Waals surface area contributed by atoms with Gasteiger partial charge in [0.1, 0.15) is 29.7 Å². The second kappa shape index (κ2) is 24.4. The molecule has 0 spiro atoms. The molecule has 6 atom stereocenters. The van der Waals surface area contributed by atoms with E-state index in [4.69, 9.17) is 43.2 Å². The van der Waals surface area contributed by atoms with Gasteiger partial charge >= 0.3 is 12.2 Å². The molecule has 4 aromatic rings. The molecule has 384 valence electrons. The number of unbranched alkanes of at least 4 members (excludes halogenated alkanes) is 2. The van der Waals surface area contributed by atoms with Crippen LogP contribution in [0.4, 0.5) is 9.59 Å². The van der Waals surface area contributed by atoms with E-state index in [-0.39, 0.29) is 77.1 Å². The molecule has 2 aliphatic carbocycles. The van der Waals surface area contributed by atoms with Crippen molar-refractivity contribution in [3.8, 4) is 23.0 Å². The number of hydrogen-bond donors (Lipinski definition) is 3.